The summed E-state index contributed by atoms with van der Waals surface area (Å²) < 4.78 is 17.2. The minimum Gasteiger partial charge on any atom is -0.544 e. The standard InChI is InChI=1S/C54H95NO7/c1-6-8-10-12-14-16-18-20-22-24-26-28-30-32-34-36-38-40-42-44-52(56)61-49-50(48-60-47-46-51(54(58)59)55(3,4)5)62-53(57)45-43-41-39-37-35-33-31-29-27-25-23-21-19-17-15-13-11-9-7-2/h9,11,15,17,21,23,27,29,33,35,50-51H,6-8,10,12-14,16,18-20,22,24-26,28,30-32,34,36-49H2,1-5H3/b11-9+,17-15+,23-21+,29-27+,35-33+. The third kappa shape index (κ3) is 42.3. The summed E-state index contributed by atoms with van der Waals surface area (Å²) in [5.74, 6) is -1.77. The monoisotopic (exact) mass is 870 g/mol. The van der Waals surface area contributed by atoms with Gasteiger partial charge in [0.2, 0.25) is 0 Å². The Morgan fingerprint density at radius 2 is 0.903 bits per heavy atom. The number of ether oxygens (including phenoxy) is 3. The Morgan fingerprint density at radius 1 is 0.500 bits per heavy atom. The van der Waals surface area contributed by atoms with Crippen LogP contribution in [0.1, 0.15) is 213 Å². The molecular formula is C54H95NO7. The van der Waals surface area contributed by atoms with Gasteiger partial charge in [0, 0.05) is 19.3 Å². The molecule has 0 bridgehead atoms. The molecule has 0 amide bonds. The summed E-state index contributed by atoms with van der Waals surface area (Å²) in [4.78, 5) is 37.0. The Kier molecular flexibility index (Phi) is 42.5. The zero-order chi connectivity index (χ0) is 45.6. The van der Waals surface area contributed by atoms with E-state index in [1.807, 2.05) is 0 Å². The van der Waals surface area contributed by atoms with Crippen molar-refractivity contribution in [3.8, 4) is 0 Å². The molecule has 0 aromatic rings. The molecule has 0 aliphatic carbocycles. The van der Waals surface area contributed by atoms with E-state index in [4.69, 9.17) is 14.2 Å². The SMILES string of the molecule is CC/C=C/C/C=C/C/C=C/C/C=C/C/C=C/CCCCCC(=O)OC(COCCC(C(=O)[O-])[N+](C)(C)C)COC(=O)CCCCCCCCCCCCCCCCCCCCC. The molecule has 358 valence electrons. The lowest BCUT2D eigenvalue weighted by molar-refractivity contribution is -0.889. The molecule has 0 aliphatic heterocycles. The van der Waals surface area contributed by atoms with Crippen molar-refractivity contribution < 1.29 is 38.2 Å². The maximum Gasteiger partial charge on any atom is 0.306 e. The topological polar surface area (TPSA) is 102 Å². The minimum absolute atomic E-state index is 0.0270. The van der Waals surface area contributed by atoms with Crippen LogP contribution in [-0.4, -0.2) is 75.5 Å². The molecule has 0 N–H and O–H groups in total. The number of quaternary nitrogens is 1. The van der Waals surface area contributed by atoms with E-state index < -0.39 is 18.1 Å². The van der Waals surface area contributed by atoms with E-state index in [0.29, 0.717) is 12.8 Å². The molecule has 2 unspecified atom stereocenters. The van der Waals surface area contributed by atoms with E-state index in [1.165, 1.54) is 103 Å². The smallest absolute Gasteiger partial charge is 0.306 e. The van der Waals surface area contributed by atoms with Gasteiger partial charge in [-0.15, -0.1) is 0 Å². The van der Waals surface area contributed by atoms with Crippen LogP contribution in [0.4, 0.5) is 0 Å². The number of unbranched alkanes of at least 4 members (excludes halogenated alkanes) is 21. The molecule has 8 nitrogen and oxygen atoms in total. The second-order valence-electron chi connectivity index (χ2n) is 18.0. The third-order valence-corrected chi connectivity index (χ3v) is 11.2. The zero-order valence-electron chi connectivity index (χ0n) is 40.8. The van der Waals surface area contributed by atoms with Crippen molar-refractivity contribution in [2.75, 3.05) is 41.0 Å². The Labute approximate surface area is 381 Å². The highest BCUT2D eigenvalue weighted by molar-refractivity contribution is 5.70. The van der Waals surface area contributed by atoms with Gasteiger partial charge in [-0.25, -0.2) is 0 Å². The molecule has 0 spiro atoms. The predicted octanol–water partition coefficient (Wildman–Crippen LogP) is 13.2. The fourth-order valence-electron chi connectivity index (χ4n) is 7.27. The molecule has 0 saturated carbocycles. The highest BCUT2D eigenvalue weighted by Crippen LogP contribution is 2.16. The molecular weight excluding hydrogens is 775 g/mol. The largest absolute Gasteiger partial charge is 0.544 e. The van der Waals surface area contributed by atoms with Crippen molar-refractivity contribution in [3.63, 3.8) is 0 Å². The fraction of sp³-hybridized carbons (Fsp3) is 0.759. The van der Waals surface area contributed by atoms with Gasteiger partial charge in [0.1, 0.15) is 12.6 Å². The van der Waals surface area contributed by atoms with Gasteiger partial charge >= 0.3 is 11.9 Å². The molecule has 0 heterocycles. The van der Waals surface area contributed by atoms with Gasteiger partial charge < -0.3 is 28.6 Å². The Hall–Kier alpha value is -2.97. The van der Waals surface area contributed by atoms with E-state index in [2.05, 4.69) is 74.6 Å². The summed E-state index contributed by atoms with van der Waals surface area (Å²) >= 11 is 0. The zero-order valence-corrected chi connectivity index (χ0v) is 40.8. The van der Waals surface area contributed by atoms with E-state index in [1.54, 1.807) is 21.1 Å². The molecule has 0 aliphatic rings. The van der Waals surface area contributed by atoms with Crippen molar-refractivity contribution >= 4 is 17.9 Å². The number of allylic oxidation sites excluding steroid dienone is 10. The van der Waals surface area contributed by atoms with Crippen molar-refractivity contribution in [1.29, 1.82) is 0 Å². The maximum atomic E-state index is 12.8. The molecule has 8 heteroatoms. The number of carbonyl (C=O) groups is 3. The van der Waals surface area contributed by atoms with Gasteiger partial charge in [-0.05, 0) is 57.8 Å². The molecule has 0 radical (unpaired) electrons. The van der Waals surface area contributed by atoms with Gasteiger partial charge in [-0.2, -0.15) is 0 Å². The average Bonchev–Trinajstić information content (AvgIpc) is 3.23. The average molecular weight is 870 g/mol. The maximum absolute atomic E-state index is 12.8. The Bertz CT molecular complexity index is 1200. The van der Waals surface area contributed by atoms with E-state index >= 15 is 0 Å². The number of carboxylic acids is 1. The number of likely N-dealkylation sites (N-methyl/N-ethyl adjacent to an activating group) is 1. The van der Waals surface area contributed by atoms with Crippen LogP contribution in [0.15, 0.2) is 60.8 Å². The van der Waals surface area contributed by atoms with E-state index in [-0.39, 0.29) is 49.1 Å². The molecule has 0 rings (SSSR count). The van der Waals surface area contributed by atoms with Gasteiger partial charge in [0.05, 0.1) is 40.3 Å². The van der Waals surface area contributed by atoms with Crippen LogP contribution < -0.4 is 5.11 Å². The Morgan fingerprint density at radius 3 is 1.34 bits per heavy atom. The van der Waals surface area contributed by atoms with Crippen molar-refractivity contribution in [1.82, 2.24) is 0 Å². The van der Waals surface area contributed by atoms with E-state index in [9.17, 15) is 19.5 Å². The lowest BCUT2D eigenvalue weighted by atomic mass is 10.0. The van der Waals surface area contributed by atoms with Gasteiger partial charge in [-0.3, -0.25) is 9.59 Å². The minimum atomic E-state index is -1.13. The van der Waals surface area contributed by atoms with Crippen molar-refractivity contribution in [2.45, 2.75) is 225 Å². The number of carbonyl (C=O) groups excluding carboxylic acids is 3. The summed E-state index contributed by atoms with van der Waals surface area (Å²) in [6.45, 7) is 4.53. The molecule has 0 fully saturated rings. The molecule has 62 heavy (non-hydrogen) atoms. The van der Waals surface area contributed by atoms with Crippen molar-refractivity contribution in [2.24, 2.45) is 0 Å². The van der Waals surface area contributed by atoms with Gasteiger partial charge in [-0.1, -0.05) is 197 Å². The lowest BCUT2D eigenvalue weighted by Crippen LogP contribution is -2.55. The van der Waals surface area contributed by atoms with Crippen LogP contribution in [0, 0.1) is 0 Å². The highest BCUT2D eigenvalue weighted by atomic mass is 16.6. The third-order valence-electron chi connectivity index (χ3n) is 11.2. The number of esters is 2. The number of rotatable bonds is 45. The van der Waals surface area contributed by atoms with Crippen LogP contribution in [-0.2, 0) is 28.6 Å². The van der Waals surface area contributed by atoms with Crippen LogP contribution in [0.3, 0.4) is 0 Å². The first kappa shape index (κ1) is 59.0. The molecule has 0 aromatic carbocycles. The summed E-state index contributed by atoms with van der Waals surface area (Å²) in [5.41, 5.74) is 0. The van der Waals surface area contributed by atoms with Crippen LogP contribution in [0.5, 0.6) is 0 Å². The molecule has 0 aromatic heterocycles. The summed E-state index contributed by atoms with van der Waals surface area (Å²) in [6, 6.07) is -0.734. The quantitative estimate of drug-likeness (QED) is 0.0260. The first-order valence-corrected chi connectivity index (χ1v) is 25.3. The van der Waals surface area contributed by atoms with Gasteiger partial charge in [0.15, 0.2) is 6.10 Å². The fourth-order valence-corrected chi connectivity index (χ4v) is 7.27. The summed E-state index contributed by atoms with van der Waals surface area (Å²) in [7, 11) is 5.40. The normalized spacial score (nSPS) is 13.4. The summed E-state index contributed by atoms with van der Waals surface area (Å²) in [5, 5.41) is 11.7. The van der Waals surface area contributed by atoms with Crippen LogP contribution in [0.25, 0.3) is 0 Å². The lowest BCUT2D eigenvalue weighted by Gasteiger charge is -2.34. The van der Waals surface area contributed by atoms with Crippen molar-refractivity contribution in [3.05, 3.63) is 60.8 Å². The molecule has 0 saturated heterocycles. The number of aliphatic carboxylic acids is 1. The summed E-state index contributed by atoms with van der Waals surface area (Å²) in [6.07, 6.45) is 55.4. The Balaban J connectivity index is 4.31. The number of hydrogen-bond acceptors (Lipinski definition) is 7. The van der Waals surface area contributed by atoms with E-state index in [0.717, 1.165) is 70.6 Å². The predicted molar refractivity (Wildman–Crippen MR) is 259 cm³/mol. The highest BCUT2D eigenvalue weighted by Gasteiger charge is 2.25. The first-order chi connectivity index (χ1) is 30.1. The number of carboxylic acid groups (broad SMARTS) is 1. The molecule has 2 atom stereocenters. The first-order valence-electron chi connectivity index (χ1n) is 25.3. The number of hydrogen-bond donors (Lipinski definition) is 0. The van der Waals surface area contributed by atoms with Gasteiger partial charge in [0.25, 0.3) is 0 Å². The van der Waals surface area contributed by atoms with Crippen LogP contribution >= 0.6 is 0 Å². The number of nitrogens with zero attached hydrogens (tertiary/aromatic N) is 1. The second kappa shape index (κ2) is 44.6. The second-order valence-corrected chi connectivity index (χ2v) is 18.0. The van der Waals surface area contributed by atoms with Crippen LogP contribution in [0.2, 0.25) is 0 Å².